The highest BCUT2D eigenvalue weighted by Gasteiger charge is 2.24. The summed E-state index contributed by atoms with van der Waals surface area (Å²) in [5, 5.41) is 2.24. The van der Waals surface area contributed by atoms with Gasteiger partial charge in [0, 0.05) is 6.54 Å². The third kappa shape index (κ3) is 4.52. The molecule has 1 aromatic rings. The number of halogens is 3. The number of hydrogen-bond donors (Lipinski definition) is 1. The Morgan fingerprint density at radius 2 is 1.91 bits per heavy atom. The fraction of sp³-hybridized carbons (Fsp3) is 0.417. The van der Waals surface area contributed by atoms with Crippen LogP contribution in [0.15, 0.2) is 12.1 Å². The molecular weight excluding hydrogens is 325 g/mol. The maximum atomic E-state index is 13.7. The molecule has 1 aromatic carbocycles. The van der Waals surface area contributed by atoms with Gasteiger partial charge in [0.05, 0.1) is 25.1 Å². The molecule has 0 spiro atoms. The molecule has 0 aliphatic rings. The van der Waals surface area contributed by atoms with E-state index in [1.54, 1.807) is 6.92 Å². The molecule has 0 aromatic heterocycles. The van der Waals surface area contributed by atoms with Gasteiger partial charge in [0.2, 0.25) is 10.0 Å². The second-order valence-electron chi connectivity index (χ2n) is 4.18. The lowest BCUT2D eigenvalue weighted by atomic mass is 10.3. The van der Waals surface area contributed by atoms with Gasteiger partial charge in [-0.3, -0.25) is 4.31 Å². The van der Waals surface area contributed by atoms with Gasteiger partial charge in [0.25, 0.3) is 0 Å². The van der Waals surface area contributed by atoms with Gasteiger partial charge < -0.3 is 10.1 Å². The van der Waals surface area contributed by atoms with Gasteiger partial charge in [0.15, 0.2) is 17.5 Å². The van der Waals surface area contributed by atoms with Crippen molar-refractivity contribution in [2.75, 3.05) is 30.3 Å². The minimum Gasteiger partial charge on any atom is -0.450 e. The van der Waals surface area contributed by atoms with Crippen LogP contribution in [0, 0.1) is 17.5 Å². The van der Waals surface area contributed by atoms with E-state index in [0.717, 1.165) is 12.3 Å². The third-order valence-corrected chi connectivity index (χ3v) is 3.72. The first-order valence-electron chi connectivity index (χ1n) is 6.20. The molecule has 1 rings (SSSR count). The summed E-state index contributed by atoms with van der Waals surface area (Å²) in [6.07, 6.45) is -0.000335. The second kappa shape index (κ2) is 7.34. The summed E-state index contributed by atoms with van der Waals surface area (Å²) in [5.74, 6) is -4.83. The number of benzene rings is 1. The molecule has 22 heavy (non-hydrogen) atoms. The number of sulfonamides is 1. The predicted octanol–water partition coefficient (Wildman–Crippen LogP) is 1.62. The van der Waals surface area contributed by atoms with Crippen LogP contribution < -0.4 is 9.62 Å². The summed E-state index contributed by atoms with van der Waals surface area (Å²) < 4.78 is 68.3. The van der Waals surface area contributed by atoms with Crippen molar-refractivity contribution in [2.24, 2.45) is 0 Å². The lowest BCUT2D eigenvalue weighted by Gasteiger charge is -2.23. The zero-order chi connectivity index (χ0) is 16.9. The predicted molar refractivity (Wildman–Crippen MR) is 73.5 cm³/mol. The molecule has 0 heterocycles. The molecule has 0 radical (unpaired) electrons. The summed E-state index contributed by atoms with van der Waals surface area (Å²) in [7, 11) is -3.97. The van der Waals surface area contributed by atoms with E-state index in [1.165, 1.54) is 0 Å². The van der Waals surface area contributed by atoms with E-state index in [4.69, 9.17) is 0 Å². The maximum absolute atomic E-state index is 13.7. The third-order valence-electron chi connectivity index (χ3n) is 2.54. The first kappa shape index (κ1) is 18.1. The lowest BCUT2D eigenvalue weighted by Crippen LogP contribution is -2.39. The fourth-order valence-corrected chi connectivity index (χ4v) is 2.54. The molecule has 0 aliphatic heterocycles. The molecule has 1 amide bonds. The van der Waals surface area contributed by atoms with Crippen molar-refractivity contribution in [1.29, 1.82) is 0 Å². The van der Waals surface area contributed by atoms with Crippen LogP contribution in [0.4, 0.5) is 23.7 Å². The van der Waals surface area contributed by atoms with Gasteiger partial charge >= 0.3 is 6.09 Å². The van der Waals surface area contributed by atoms with E-state index >= 15 is 0 Å². The highest BCUT2D eigenvalue weighted by molar-refractivity contribution is 7.92. The Kier molecular flexibility index (Phi) is 6.03. The zero-order valence-corrected chi connectivity index (χ0v) is 12.7. The largest absolute Gasteiger partial charge is 0.450 e. The van der Waals surface area contributed by atoms with E-state index in [2.05, 4.69) is 10.1 Å². The minimum atomic E-state index is -3.97. The average molecular weight is 340 g/mol. The molecule has 0 saturated carbocycles. The number of rotatable bonds is 6. The van der Waals surface area contributed by atoms with Gasteiger partial charge in [-0.15, -0.1) is 0 Å². The molecule has 0 aliphatic carbocycles. The molecule has 0 atom stereocenters. The summed E-state index contributed by atoms with van der Waals surface area (Å²) in [6, 6.07) is 1.42. The van der Waals surface area contributed by atoms with Gasteiger partial charge in [-0.05, 0) is 19.1 Å². The van der Waals surface area contributed by atoms with E-state index in [-0.39, 0.29) is 19.7 Å². The number of alkyl carbamates (subject to hydrolysis) is 1. The number of amides is 1. The smallest absolute Gasteiger partial charge is 0.407 e. The summed E-state index contributed by atoms with van der Waals surface area (Å²) >= 11 is 0. The first-order valence-corrected chi connectivity index (χ1v) is 8.05. The maximum Gasteiger partial charge on any atom is 0.407 e. The number of carbonyl (C=O) groups is 1. The van der Waals surface area contributed by atoms with Crippen LogP contribution in [0.3, 0.4) is 0 Å². The molecule has 10 heteroatoms. The molecule has 1 N–H and O–H groups in total. The molecule has 6 nitrogen and oxygen atoms in total. The van der Waals surface area contributed by atoms with E-state index in [1.807, 2.05) is 0 Å². The highest BCUT2D eigenvalue weighted by atomic mass is 32.2. The quantitative estimate of drug-likeness (QED) is 0.799. The number of carbonyl (C=O) groups excluding carboxylic acids is 1. The lowest BCUT2D eigenvalue weighted by molar-refractivity contribution is 0.152. The molecule has 0 bridgehead atoms. The SMILES string of the molecule is CCOC(=O)NCCN(c1ccc(F)c(F)c1F)S(C)(=O)=O. The zero-order valence-electron chi connectivity index (χ0n) is 11.9. The molecular formula is C12H15F3N2O4S. The van der Waals surface area contributed by atoms with Crippen molar-refractivity contribution in [2.45, 2.75) is 6.92 Å². The fourth-order valence-electron chi connectivity index (χ4n) is 1.61. The van der Waals surface area contributed by atoms with Crippen molar-refractivity contribution in [3.05, 3.63) is 29.6 Å². The monoisotopic (exact) mass is 340 g/mol. The van der Waals surface area contributed by atoms with Crippen LogP contribution in [-0.2, 0) is 14.8 Å². The minimum absolute atomic E-state index is 0.124. The molecule has 0 unspecified atom stereocenters. The molecule has 124 valence electrons. The average Bonchev–Trinajstić information content (AvgIpc) is 2.41. The Morgan fingerprint density at radius 3 is 2.45 bits per heavy atom. The second-order valence-corrected chi connectivity index (χ2v) is 6.08. The van der Waals surface area contributed by atoms with Crippen molar-refractivity contribution >= 4 is 21.8 Å². The number of ether oxygens (including phenoxy) is 1. The standard InChI is InChI=1S/C12H15F3N2O4S/c1-3-21-12(18)16-6-7-17(22(2,19)20)9-5-4-8(13)10(14)11(9)15/h4-5H,3,6-7H2,1-2H3,(H,16,18). The van der Waals surface area contributed by atoms with Crippen molar-refractivity contribution < 1.29 is 31.1 Å². The van der Waals surface area contributed by atoms with Crippen molar-refractivity contribution in [3.63, 3.8) is 0 Å². The Morgan fingerprint density at radius 1 is 1.27 bits per heavy atom. The van der Waals surface area contributed by atoms with Crippen LogP contribution in [0.5, 0.6) is 0 Å². The van der Waals surface area contributed by atoms with Crippen LogP contribution in [0.1, 0.15) is 6.92 Å². The van der Waals surface area contributed by atoms with Gasteiger partial charge in [-0.2, -0.15) is 0 Å². The highest BCUT2D eigenvalue weighted by Crippen LogP contribution is 2.25. The first-order chi connectivity index (χ1) is 10.2. The van der Waals surface area contributed by atoms with Gasteiger partial charge in [-0.1, -0.05) is 0 Å². The molecule has 0 fully saturated rings. The summed E-state index contributed by atoms with van der Waals surface area (Å²) in [6.45, 7) is 1.13. The number of nitrogens with one attached hydrogen (secondary N) is 1. The molecule has 0 saturated heterocycles. The van der Waals surface area contributed by atoms with Gasteiger partial charge in [0.1, 0.15) is 0 Å². The van der Waals surface area contributed by atoms with Crippen molar-refractivity contribution in [1.82, 2.24) is 5.32 Å². The Hall–Kier alpha value is -1.97. The van der Waals surface area contributed by atoms with E-state index in [0.29, 0.717) is 10.4 Å². The number of anilines is 1. The van der Waals surface area contributed by atoms with Crippen LogP contribution in [0.25, 0.3) is 0 Å². The van der Waals surface area contributed by atoms with Crippen molar-refractivity contribution in [3.8, 4) is 0 Å². The number of hydrogen-bond acceptors (Lipinski definition) is 4. The van der Waals surface area contributed by atoms with Gasteiger partial charge in [-0.25, -0.2) is 26.4 Å². The van der Waals surface area contributed by atoms with E-state index < -0.39 is 39.3 Å². The summed E-state index contributed by atoms with van der Waals surface area (Å²) in [5.41, 5.74) is -0.646. The van der Waals surface area contributed by atoms with E-state index in [9.17, 15) is 26.4 Å². The van der Waals surface area contributed by atoms with Crippen LogP contribution in [-0.4, -0.2) is 40.5 Å². The van der Waals surface area contributed by atoms with Crippen LogP contribution in [0.2, 0.25) is 0 Å². The summed E-state index contributed by atoms with van der Waals surface area (Å²) in [4.78, 5) is 11.1. The number of nitrogens with zero attached hydrogens (tertiary/aromatic N) is 1. The Balaban J connectivity index is 2.97. The normalized spacial score (nSPS) is 11.1. The topological polar surface area (TPSA) is 75.7 Å². The van der Waals surface area contributed by atoms with Crippen LogP contribution >= 0.6 is 0 Å². The Bertz CT molecular complexity index is 652. The Labute approximate surface area is 125 Å².